The van der Waals surface area contributed by atoms with Gasteiger partial charge in [0.05, 0.1) is 0 Å². The number of rotatable bonds is 4. The molecule has 0 amide bonds. The van der Waals surface area contributed by atoms with Gasteiger partial charge < -0.3 is 15.1 Å². The molecule has 114 valence electrons. The van der Waals surface area contributed by atoms with Crippen molar-refractivity contribution in [3.8, 4) is 0 Å². The molecule has 0 spiro atoms. The van der Waals surface area contributed by atoms with Gasteiger partial charge in [0.25, 0.3) is 0 Å². The number of benzene rings is 1. The van der Waals surface area contributed by atoms with Crippen LogP contribution in [0.2, 0.25) is 0 Å². The molecule has 1 saturated heterocycles. The highest BCUT2D eigenvalue weighted by Crippen LogP contribution is 2.32. The molecule has 3 nitrogen and oxygen atoms in total. The average molecular weight is 285 g/mol. The first-order valence-electron chi connectivity index (χ1n) is 8.66. The highest BCUT2D eigenvalue weighted by Gasteiger charge is 2.28. The Balaban J connectivity index is 1.33. The van der Waals surface area contributed by atoms with Crippen LogP contribution in [0.1, 0.15) is 30.7 Å². The lowest BCUT2D eigenvalue weighted by atomic mass is 9.90. The van der Waals surface area contributed by atoms with Gasteiger partial charge in [0, 0.05) is 57.4 Å². The number of para-hydroxylation sites is 1. The molecule has 1 atom stereocenters. The minimum atomic E-state index is 0.720. The van der Waals surface area contributed by atoms with Crippen LogP contribution in [0.25, 0.3) is 0 Å². The van der Waals surface area contributed by atoms with E-state index in [0.29, 0.717) is 0 Å². The molecular weight excluding hydrogens is 258 g/mol. The van der Waals surface area contributed by atoms with E-state index in [1.54, 1.807) is 0 Å². The maximum atomic E-state index is 3.54. The lowest BCUT2D eigenvalue weighted by Crippen LogP contribution is -2.48. The fourth-order valence-corrected chi connectivity index (χ4v) is 3.87. The number of nitrogens with one attached hydrogen (secondary N) is 1. The molecule has 2 fully saturated rings. The molecule has 1 aromatic carbocycles. The minimum Gasteiger partial charge on any atom is -0.385 e. The molecule has 2 aliphatic heterocycles. The molecule has 3 heteroatoms. The van der Waals surface area contributed by atoms with Crippen LogP contribution in [0.4, 0.5) is 5.69 Å². The summed E-state index contributed by atoms with van der Waals surface area (Å²) in [5, 5.41) is 3.54. The summed E-state index contributed by atoms with van der Waals surface area (Å²) in [7, 11) is 0. The van der Waals surface area contributed by atoms with Gasteiger partial charge in [0.1, 0.15) is 0 Å². The fraction of sp³-hybridized carbons (Fsp3) is 0.667. The van der Waals surface area contributed by atoms with Crippen molar-refractivity contribution in [2.75, 3.05) is 51.1 Å². The summed E-state index contributed by atoms with van der Waals surface area (Å²) in [5.41, 5.74) is 2.89. The van der Waals surface area contributed by atoms with Gasteiger partial charge in [-0.15, -0.1) is 0 Å². The Hall–Kier alpha value is -1.06. The number of piperazine rings is 1. The molecule has 1 aromatic rings. The van der Waals surface area contributed by atoms with E-state index in [1.807, 2.05) is 0 Å². The van der Waals surface area contributed by atoms with Gasteiger partial charge in [-0.05, 0) is 36.8 Å². The second kappa shape index (κ2) is 5.98. The van der Waals surface area contributed by atoms with Crippen molar-refractivity contribution >= 4 is 5.69 Å². The van der Waals surface area contributed by atoms with E-state index in [4.69, 9.17) is 0 Å². The van der Waals surface area contributed by atoms with Crippen LogP contribution in [-0.2, 0) is 0 Å². The zero-order valence-electron chi connectivity index (χ0n) is 12.9. The standard InChI is InChI=1S/C18H27N3/c1-2-4-18-17(3-1)16(7-8-19-18)14-21-11-9-20(10-12-21)13-15-5-6-15/h1-4,15-16,19H,5-14H2. The van der Waals surface area contributed by atoms with Crippen molar-refractivity contribution in [1.29, 1.82) is 0 Å². The molecule has 0 radical (unpaired) electrons. The zero-order valence-corrected chi connectivity index (χ0v) is 12.9. The lowest BCUT2D eigenvalue weighted by molar-refractivity contribution is 0.122. The minimum absolute atomic E-state index is 0.720. The summed E-state index contributed by atoms with van der Waals surface area (Å²) in [6, 6.07) is 8.88. The second-order valence-corrected chi connectivity index (χ2v) is 7.04. The van der Waals surface area contributed by atoms with E-state index >= 15 is 0 Å². The summed E-state index contributed by atoms with van der Waals surface area (Å²) in [5.74, 6) is 1.75. The van der Waals surface area contributed by atoms with Crippen LogP contribution in [-0.4, -0.2) is 55.6 Å². The Kier molecular flexibility index (Phi) is 3.87. The quantitative estimate of drug-likeness (QED) is 0.917. The smallest absolute Gasteiger partial charge is 0.0376 e. The molecule has 2 heterocycles. The van der Waals surface area contributed by atoms with Crippen LogP contribution in [0, 0.1) is 5.92 Å². The summed E-state index contributed by atoms with van der Waals surface area (Å²) >= 11 is 0. The zero-order chi connectivity index (χ0) is 14.1. The highest BCUT2D eigenvalue weighted by atomic mass is 15.3. The lowest BCUT2D eigenvalue weighted by Gasteiger charge is -2.38. The van der Waals surface area contributed by atoms with Crippen LogP contribution in [0.15, 0.2) is 24.3 Å². The van der Waals surface area contributed by atoms with Gasteiger partial charge >= 0.3 is 0 Å². The predicted molar refractivity (Wildman–Crippen MR) is 87.9 cm³/mol. The maximum Gasteiger partial charge on any atom is 0.0376 e. The Labute approximate surface area is 128 Å². The van der Waals surface area contributed by atoms with Gasteiger partial charge in [-0.3, -0.25) is 0 Å². The summed E-state index contributed by atoms with van der Waals surface area (Å²) < 4.78 is 0. The maximum absolute atomic E-state index is 3.54. The first-order chi connectivity index (χ1) is 10.4. The third-order valence-electron chi connectivity index (χ3n) is 5.37. The summed E-state index contributed by atoms with van der Waals surface area (Å²) in [6.45, 7) is 8.83. The molecule has 3 aliphatic rings. The van der Waals surface area contributed by atoms with Gasteiger partial charge in [0.15, 0.2) is 0 Å². The van der Waals surface area contributed by atoms with E-state index < -0.39 is 0 Å². The van der Waals surface area contributed by atoms with Crippen molar-refractivity contribution in [1.82, 2.24) is 9.80 Å². The molecule has 0 bridgehead atoms. The first-order valence-corrected chi connectivity index (χ1v) is 8.66. The molecule has 4 rings (SSSR count). The third-order valence-corrected chi connectivity index (χ3v) is 5.37. The largest absolute Gasteiger partial charge is 0.385 e. The average Bonchev–Trinajstić information content (AvgIpc) is 3.34. The monoisotopic (exact) mass is 285 g/mol. The normalized spacial score (nSPS) is 27.1. The van der Waals surface area contributed by atoms with Crippen LogP contribution >= 0.6 is 0 Å². The molecule has 1 saturated carbocycles. The third kappa shape index (κ3) is 3.24. The SMILES string of the molecule is c1ccc2c(c1)NCCC2CN1CCN(CC2CC2)CC1. The molecule has 1 unspecified atom stereocenters. The van der Waals surface area contributed by atoms with Gasteiger partial charge in [-0.1, -0.05) is 18.2 Å². The highest BCUT2D eigenvalue weighted by molar-refractivity contribution is 5.54. The van der Waals surface area contributed by atoms with E-state index in [9.17, 15) is 0 Å². The number of fused-ring (bicyclic) bond motifs is 1. The molecule has 0 aromatic heterocycles. The summed E-state index contributed by atoms with van der Waals surface area (Å²) in [6.07, 6.45) is 4.23. The fourth-order valence-electron chi connectivity index (χ4n) is 3.87. The Bertz CT molecular complexity index is 475. The van der Waals surface area contributed by atoms with Crippen LogP contribution in [0.5, 0.6) is 0 Å². The topological polar surface area (TPSA) is 18.5 Å². The van der Waals surface area contributed by atoms with Gasteiger partial charge in [-0.2, -0.15) is 0 Å². The van der Waals surface area contributed by atoms with Crippen LogP contribution in [0.3, 0.4) is 0 Å². The molecule has 1 aliphatic carbocycles. The Morgan fingerprint density at radius 3 is 2.38 bits per heavy atom. The summed E-state index contributed by atoms with van der Waals surface area (Å²) in [4.78, 5) is 5.38. The molecule has 21 heavy (non-hydrogen) atoms. The Morgan fingerprint density at radius 1 is 0.905 bits per heavy atom. The van der Waals surface area contributed by atoms with E-state index in [2.05, 4.69) is 39.4 Å². The van der Waals surface area contributed by atoms with Crippen molar-refractivity contribution in [3.63, 3.8) is 0 Å². The predicted octanol–water partition coefficient (Wildman–Crippen LogP) is 2.61. The second-order valence-electron chi connectivity index (χ2n) is 7.04. The molecule has 1 N–H and O–H groups in total. The van der Waals surface area contributed by atoms with Crippen molar-refractivity contribution in [3.05, 3.63) is 29.8 Å². The van der Waals surface area contributed by atoms with Crippen molar-refractivity contribution in [2.45, 2.75) is 25.2 Å². The first kappa shape index (κ1) is 13.6. The number of anilines is 1. The van der Waals surface area contributed by atoms with E-state index in [0.717, 1.165) is 18.4 Å². The van der Waals surface area contributed by atoms with Crippen molar-refractivity contribution in [2.24, 2.45) is 5.92 Å². The van der Waals surface area contributed by atoms with Gasteiger partial charge in [-0.25, -0.2) is 0 Å². The number of hydrogen-bond donors (Lipinski definition) is 1. The molecular formula is C18H27N3. The van der Waals surface area contributed by atoms with Crippen molar-refractivity contribution < 1.29 is 0 Å². The van der Waals surface area contributed by atoms with Crippen LogP contribution < -0.4 is 5.32 Å². The Morgan fingerprint density at radius 2 is 1.62 bits per heavy atom. The number of hydrogen-bond acceptors (Lipinski definition) is 3. The van der Waals surface area contributed by atoms with Gasteiger partial charge in [0.2, 0.25) is 0 Å². The number of nitrogens with zero attached hydrogens (tertiary/aromatic N) is 2. The van der Waals surface area contributed by atoms with E-state index in [-0.39, 0.29) is 0 Å². The van der Waals surface area contributed by atoms with E-state index in [1.165, 1.54) is 69.8 Å².